The van der Waals surface area contributed by atoms with E-state index in [2.05, 4.69) is 13.8 Å². The Morgan fingerprint density at radius 2 is 2.07 bits per heavy atom. The lowest BCUT2D eigenvalue weighted by Crippen LogP contribution is -2.29. The predicted octanol–water partition coefficient (Wildman–Crippen LogP) is 1.26. The first kappa shape index (κ1) is 12.6. The molecule has 1 rings (SSSR count). The first-order chi connectivity index (χ1) is 7.09. The maximum absolute atomic E-state index is 9.01. The average molecular weight is 224 g/mol. The zero-order valence-corrected chi connectivity index (χ0v) is 10.00. The van der Waals surface area contributed by atoms with Crippen LogP contribution >= 0.6 is 11.8 Å². The van der Waals surface area contributed by atoms with E-state index in [4.69, 9.17) is 10.0 Å². The molecule has 15 heavy (non-hydrogen) atoms. The van der Waals surface area contributed by atoms with Gasteiger partial charge in [0.2, 0.25) is 0 Å². The second kappa shape index (κ2) is 6.21. The average Bonchev–Trinajstić information content (AvgIpc) is 2.17. The van der Waals surface area contributed by atoms with Crippen LogP contribution in [0.5, 0.6) is 0 Å². The topological polar surface area (TPSA) is 40.5 Å². The molecule has 0 heterocycles. The zero-order chi connectivity index (χ0) is 11.3. The maximum atomic E-state index is 9.01. The molecule has 0 saturated heterocycles. The van der Waals surface area contributed by atoms with Crippen LogP contribution in [-0.4, -0.2) is 22.9 Å². The van der Waals surface area contributed by atoms with E-state index >= 15 is 0 Å². The summed E-state index contributed by atoms with van der Waals surface area (Å²) in [5.41, 5.74) is 1.71. The Labute approximate surface area is 95.9 Å². The van der Waals surface area contributed by atoms with Gasteiger partial charge in [0.1, 0.15) is 0 Å². The van der Waals surface area contributed by atoms with Crippen molar-refractivity contribution >= 4 is 24.3 Å². The van der Waals surface area contributed by atoms with Crippen LogP contribution in [0, 0.1) is 5.92 Å². The molecule has 0 bridgehead atoms. The largest absolute Gasteiger partial charge is 0.488 e. The molecule has 4 heteroatoms. The van der Waals surface area contributed by atoms with Crippen molar-refractivity contribution in [3.8, 4) is 0 Å². The number of hydrogen-bond acceptors (Lipinski definition) is 3. The Morgan fingerprint density at radius 3 is 2.67 bits per heavy atom. The zero-order valence-electron chi connectivity index (χ0n) is 9.18. The lowest BCUT2D eigenvalue weighted by atomic mass is 9.80. The van der Waals surface area contributed by atoms with Gasteiger partial charge in [0, 0.05) is 5.75 Å². The van der Waals surface area contributed by atoms with Crippen molar-refractivity contribution in [3.63, 3.8) is 0 Å². The van der Waals surface area contributed by atoms with Gasteiger partial charge in [0.25, 0.3) is 0 Å². The number of rotatable bonds is 5. The molecule has 1 aromatic carbocycles. The molecule has 82 valence electrons. The fourth-order valence-corrected chi connectivity index (χ4v) is 2.26. The van der Waals surface area contributed by atoms with Gasteiger partial charge in [-0.05, 0) is 22.7 Å². The smallest absolute Gasteiger partial charge is 0.423 e. The Morgan fingerprint density at radius 1 is 1.33 bits per heavy atom. The van der Waals surface area contributed by atoms with Crippen LogP contribution in [0.4, 0.5) is 0 Å². The van der Waals surface area contributed by atoms with Crippen LogP contribution in [0.15, 0.2) is 24.3 Å². The summed E-state index contributed by atoms with van der Waals surface area (Å²) in [5.74, 6) is 2.76. The van der Waals surface area contributed by atoms with E-state index in [0.717, 1.165) is 17.1 Å². The van der Waals surface area contributed by atoms with Crippen LogP contribution in [0.2, 0.25) is 0 Å². The summed E-state index contributed by atoms with van der Waals surface area (Å²) in [4.78, 5) is 0. The van der Waals surface area contributed by atoms with Crippen LogP contribution in [0.1, 0.15) is 19.4 Å². The fraction of sp³-hybridized carbons (Fsp3) is 0.455. The van der Waals surface area contributed by atoms with E-state index < -0.39 is 7.12 Å². The van der Waals surface area contributed by atoms with Gasteiger partial charge in [-0.15, -0.1) is 0 Å². The minimum absolute atomic E-state index is 0.567. The van der Waals surface area contributed by atoms with E-state index in [0.29, 0.717) is 11.4 Å². The van der Waals surface area contributed by atoms with Crippen LogP contribution in [-0.2, 0) is 5.75 Å². The molecular weight excluding hydrogens is 207 g/mol. The van der Waals surface area contributed by atoms with Gasteiger partial charge in [0.15, 0.2) is 0 Å². The monoisotopic (exact) mass is 224 g/mol. The van der Waals surface area contributed by atoms with Crippen LogP contribution in [0.3, 0.4) is 0 Å². The minimum Gasteiger partial charge on any atom is -0.423 e. The molecule has 0 fully saturated rings. The molecule has 0 unspecified atom stereocenters. The Kier molecular flexibility index (Phi) is 5.22. The van der Waals surface area contributed by atoms with Crippen molar-refractivity contribution in [2.75, 3.05) is 5.75 Å². The van der Waals surface area contributed by atoms with E-state index in [1.165, 1.54) is 0 Å². The van der Waals surface area contributed by atoms with Crippen LogP contribution in [0.25, 0.3) is 0 Å². The van der Waals surface area contributed by atoms with Crippen molar-refractivity contribution in [1.29, 1.82) is 0 Å². The SMILES string of the molecule is CC(C)CSCc1cccc(B(O)O)c1. The molecule has 2 nitrogen and oxygen atoms in total. The van der Waals surface area contributed by atoms with Crippen LogP contribution < -0.4 is 5.46 Å². The summed E-state index contributed by atoms with van der Waals surface area (Å²) in [5, 5.41) is 18.0. The maximum Gasteiger partial charge on any atom is 0.488 e. The first-order valence-electron chi connectivity index (χ1n) is 5.12. The molecular formula is C11H17BO2S. The normalized spacial score (nSPS) is 10.7. The molecule has 0 saturated carbocycles. The lowest BCUT2D eigenvalue weighted by molar-refractivity contribution is 0.425. The highest BCUT2D eigenvalue weighted by atomic mass is 32.2. The minimum atomic E-state index is -1.36. The van der Waals surface area contributed by atoms with Crippen molar-refractivity contribution < 1.29 is 10.0 Å². The Hall–Kier alpha value is -0.445. The van der Waals surface area contributed by atoms with Gasteiger partial charge in [-0.2, -0.15) is 11.8 Å². The molecule has 0 aliphatic rings. The van der Waals surface area contributed by atoms with Crippen molar-refractivity contribution in [2.45, 2.75) is 19.6 Å². The highest BCUT2D eigenvalue weighted by Crippen LogP contribution is 2.14. The van der Waals surface area contributed by atoms with Gasteiger partial charge < -0.3 is 10.0 Å². The molecule has 0 spiro atoms. The Bertz CT molecular complexity index is 302. The number of hydrogen-bond donors (Lipinski definition) is 2. The van der Waals surface area contributed by atoms with Crippen molar-refractivity contribution in [3.05, 3.63) is 29.8 Å². The van der Waals surface area contributed by atoms with E-state index in [1.54, 1.807) is 6.07 Å². The lowest BCUT2D eigenvalue weighted by Gasteiger charge is -2.06. The molecule has 2 N–H and O–H groups in total. The number of benzene rings is 1. The predicted molar refractivity (Wildman–Crippen MR) is 67.3 cm³/mol. The molecule has 0 aliphatic carbocycles. The van der Waals surface area contributed by atoms with E-state index in [9.17, 15) is 0 Å². The Balaban J connectivity index is 2.50. The second-order valence-electron chi connectivity index (χ2n) is 4.03. The summed E-state index contributed by atoms with van der Waals surface area (Å²) in [7, 11) is -1.36. The number of thioether (sulfide) groups is 1. The standard InChI is InChI=1S/C11H17BO2S/c1-9(2)7-15-8-10-4-3-5-11(6-10)12(13)14/h3-6,9,13-14H,7-8H2,1-2H3. The van der Waals surface area contributed by atoms with E-state index in [-0.39, 0.29) is 0 Å². The summed E-state index contributed by atoms with van der Waals surface area (Å²) < 4.78 is 0. The van der Waals surface area contributed by atoms with Gasteiger partial charge >= 0.3 is 7.12 Å². The van der Waals surface area contributed by atoms with Gasteiger partial charge in [-0.3, -0.25) is 0 Å². The third-order valence-electron chi connectivity index (χ3n) is 1.97. The molecule has 1 aromatic rings. The quantitative estimate of drug-likeness (QED) is 0.739. The highest BCUT2D eigenvalue weighted by Gasteiger charge is 2.10. The van der Waals surface area contributed by atoms with Crippen molar-refractivity contribution in [1.82, 2.24) is 0 Å². The first-order valence-corrected chi connectivity index (χ1v) is 6.27. The third-order valence-corrected chi connectivity index (χ3v) is 3.41. The molecule has 0 amide bonds. The van der Waals surface area contributed by atoms with E-state index in [1.807, 2.05) is 30.0 Å². The summed E-state index contributed by atoms with van der Waals surface area (Å²) >= 11 is 1.87. The van der Waals surface area contributed by atoms with Gasteiger partial charge in [-0.1, -0.05) is 38.1 Å². The third kappa shape index (κ3) is 4.73. The van der Waals surface area contributed by atoms with Crippen molar-refractivity contribution in [2.24, 2.45) is 5.92 Å². The summed E-state index contributed by atoms with van der Waals surface area (Å²) in [6, 6.07) is 7.44. The fourth-order valence-electron chi connectivity index (χ4n) is 1.26. The molecule has 0 aromatic heterocycles. The highest BCUT2D eigenvalue weighted by molar-refractivity contribution is 7.98. The summed E-state index contributed by atoms with van der Waals surface area (Å²) in [6.07, 6.45) is 0. The molecule has 0 radical (unpaired) electrons. The molecule has 0 aliphatic heterocycles. The second-order valence-corrected chi connectivity index (χ2v) is 5.06. The summed E-state index contributed by atoms with van der Waals surface area (Å²) in [6.45, 7) is 4.39. The van der Waals surface area contributed by atoms with Gasteiger partial charge in [-0.25, -0.2) is 0 Å². The molecule has 0 atom stereocenters. The van der Waals surface area contributed by atoms with Gasteiger partial charge in [0.05, 0.1) is 0 Å².